The Labute approximate surface area is 141 Å². The summed E-state index contributed by atoms with van der Waals surface area (Å²) in [5.74, 6) is 1.71. The summed E-state index contributed by atoms with van der Waals surface area (Å²) in [5, 5.41) is 7.50. The van der Waals surface area contributed by atoms with Crippen LogP contribution < -0.4 is 5.32 Å². The molecule has 0 saturated heterocycles. The predicted octanol–water partition coefficient (Wildman–Crippen LogP) is 2.30. The van der Waals surface area contributed by atoms with Crippen molar-refractivity contribution in [3.8, 4) is 0 Å². The number of nitrogens with one attached hydrogen (secondary N) is 1. The first kappa shape index (κ1) is 15.7. The molecule has 0 unspecified atom stereocenters. The molecule has 1 N–H and O–H groups in total. The lowest BCUT2D eigenvalue weighted by molar-refractivity contribution is -0.0168. The van der Waals surface area contributed by atoms with E-state index in [0.29, 0.717) is 18.0 Å². The van der Waals surface area contributed by atoms with Gasteiger partial charge in [0.2, 0.25) is 0 Å². The molecule has 0 atom stereocenters. The number of esters is 1. The Hall–Kier alpha value is -1.85. The van der Waals surface area contributed by atoms with E-state index in [0.717, 1.165) is 37.0 Å². The van der Waals surface area contributed by atoms with E-state index in [1.807, 2.05) is 0 Å². The first-order valence-corrected chi connectivity index (χ1v) is 9.01. The Morgan fingerprint density at radius 2 is 1.83 bits per heavy atom. The highest BCUT2D eigenvalue weighted by molar-refractivity contribution is 5.96. The lowest BCUT2D eigenvalue weighted by Crippen LogP contribution is -2.59. The van der Waals surface area contributed by atoms with Crippen molar-refractivity contribution in [1.82, 2.24) is 15.1 Å². The lowest BCUT2D eigenvalue weighted by atomic mass is 9.53. The van der Waals surface area contributed by atoms with Gasteiger partial charge >= 0.3 is 5.97 Å². The number of amides is 1. The average Bonchev–Trinajstić information content (AvgIpc) is 2.88. The van der Waals surface area contributed by atoms with Crippen molar-refractivity contribution in [3.05, 3.63) is 17.5 Å². The highest BCUT2D eigenvalue weighted by atomic mass is 16.5. The molecule has 6 nitrogen and oxygen atoms in total. The fourth-order valence-corrected chi connectivity index (χ4v) is 5.54. The summed E-state index contributed by atoms with van der Waals surface area (Å²) in [4.78, 5) is 24.6. The molecule has 6 heteroatoms. The van der Waals surface area contributed by atoms with Gasteiger partial charge in [0.15, 0.2) is 5.69 Å². The SMILES string of the molecule is CCOC(=O)c1cc(C(=O)NC23CC4CC(CC(C4)C2)C3)nn1C. The maximum atomic E-state index is 12.7. The number of hydrogen-bond donors (Lipinski definition) is 1. The number of aromatic nitrogens is 2. The van der Waals surface area contributed by atoms with Gasteiger partial charge in [-0.1, -0.05) is 0 Å². The minimum atomic E-state index is -0.443. The second-order valence-electron chi connectivity index (χ2n) is 7.91. The first-order chi connectivity index (χ1) is 11.5. The van der Waals surface area contributed by atoms with Crippen LogP contribution in [0.15, 0.2) is 6.07 Å². The van der Waals surface area contributed by atoms with Crippen LogP contribution in [-0.2, 0) is 11.8 Å². The van der Waals surface area contributed by atoms with Gasteiger partial charge in [-0.3, -0.25) is 9.48 Å². The molecule has 1 amide bonds. The molecule has 0 aliphatic heterocycles. The third-order valence-corrected chi connectivity index (χ3v) is 6.01. The molecule has 0 spiro atoms. The monoisotopic (exact) mass is 331 g/mol. The molecule has 1 aromatic rings. The van der Waals surface area contributed by atoms with Gasteiger partial charge in [-0.25, -0.2) is 4.79 Å². The lowest BCUT2D eigenvalue weighted by Gasteiger charge is -2.56. The van der Waals surface area contributed by atoms with Crippen LogP contribution in [0.25, 0.3) is 0 Å². The normalized spacial score (nSPS) is 33.5. The Balaban J connectivity index is 1.51. The molecule has 1 heterocycles. The Morgan fingerprint density at radius 3 is 2.38 bits per heavy atom. The van der Waals surface area contributed by atoms with E-state index in [-0.39, 0.29) is 11.4 Å². The van der Waals surface area contributed by atoms with Crippen LogP contribution in [0.1, 0.15) is 66.4 Å². The molecule has 130 valence electrons. The zero-order chi connectivity index (χ0) is 16.9. The van der Waals surface area contributed by atoms with Crippen LogP contribution in [-0.4, -0.2) is 33.8 Å². The second kappa shape index (κ2) is 5.60. The molecular formula is C18H25N3O3. The molecule has 0 aromatic carbocycles. The van der Waals surface area contributed by atoms with Crippen LogP contribution in [0.5, 0.6) is 0 Å². The Kier molecular flexibility index (Phi) is 3.66. The third-order valence-electron chi connectivity index (χ3n) is 6.01. The predicted molar refractivity (Wildman–Crippen MR) is 87.5 cm³/mol. The van der Waals surface area contributed by atoms with Crippen LogP contribution in [0.2, 0.25) is 0 Å². The molecule has 5 rings (SSSR count). The van der Waals surface area contributed by atoms with Crippen molar-refractivity contribution in [2.24, 2.45) is 24.8 Å². The maximum absolute atomic E-state index is 12.7. The number of aryl methyl sites for hydroxylation is 1. The molecular weight excluding hydrogens is 306 g/mol. The van der Waals surface area contributed by atoms with E-state index < -0.39 is 5.97 Å². The van der Waals surface area contributed by atoms with E-state index in [1.54, 1.807) is 14.0 Å². The molecule has 4 aliphatic carbocycles. The number of rotatable bonds is 4. The quantitative estimate of drug-likeness (QED) is 0.859. The fourth-order valence-electron chi connectivity index (χ4n) is 5.54. The number of ether oxygens (including phenoxy) is 1. The fraction of sp³-hybridized carbons (Fsp3) is 0.722. The minimum absolute atomic E-state index is 0.0482. The van der Waals surface area contributed by atoms with Crippen molar-refractivity contribution in [2.75, 3.05) is 6.61 Å². The Morgan fingerprint density at radius 1 is 1.25 bits per heavy atom. The zero-order valence-corrected chi connectivity index (χ0v) is 14.4. The minimum Gasteiger partial charge on any atom is -0.461 e. The summed E-state index contributed by atoms with van der Waals surface area (Å²) in [6.45, 7) is 2.06. The summed E-state index contributed by atoms with van der Waals surface area (Å²) in [7, 11) is 1.66. The molecule has 4 saturated carbocycles. The zero-order valence-electron chi connectivity index (χ0n) is 14.4. The summed E-state index contributed by atoms with van der Waals surface area (Å²) in [5.41, 5.74) is 0.566. The molecule has 1 aromatic heterocycles. The third kappa shape index (κ3) is 2.62. The van der Waals surface area contributed by atoms with Crippen LogP contribution in [0.3, 0.4) is 0 Å². The van der Waals surface area contributed by atoms with Crippen molar-refractivity contribution < 1.29 is 14.3 Å². The van der Waals surface area contributed by atoms with E-state index in [2.05, 4.69) is 10.4 Å². The average molecular weight is 331 g/mol. The highest BCUT2D eigenvalue weighted by Crippen LogP contribution is 2.55. The summed E-state index contributed by atoms with van der Waals surface area (Å²) in [6, 6.07) is 1.54. The molecule has 4 bridgehead atoms. The summed E-state index contributed by atoms with van der Waals surface area (Å²) in [6.07, 6.45) is 7.32. The molecule has 4 aliphatic rings. The standard InChI is InChI=1S/C18H25N3O3/c1-3-24-17(23)15-7-14(20-21(15)2)16(22)19-18-8-11-4-12(9-18)6-13(5-11)10-18/h7,11-13H,3-6,8-10H2,1-2H3,(H,19,22). The highest BCUT2D eigenvalue weighted by Gasteiger charge is 2.51. The van der Waals surface area contributed by atoms with Crippen molar-refractivity contribution >= 4 is 11.9 Å². The number of carbonyl (C=O) groups is 2. The van der Waals surface area contributed by atoms with Crippen LogP contribution in [0.4, 0.5) is 0 Å². The smallest absolute Gasteiger partial charge is 0.356 e. The van der Waals surface area contributed by atoms with Crippen LogP contribution >= 0.6 is 0 Å². The van der Waals surface area contributed by atoms with Crippen molar-refractivity contribution in [1.29, 1.82) is 0 Å². The van der Waals surface area contributed by atoms with E-state index in [9.17, 15) is 9.59 Å². The number of carbonyl (C=O) groups excluding carboxylic acids is 2. The number of hydrogen-bond acceptors (Lipinski definition) is 4. The van der Waals surface area contributed by atoms with E-state index in [4.69, 9.17) is 4.74 Å². The largest absolute Gasteiger partial charge is 0.461 e. The molecule has 0 radical (unpaired) electrons. The van der Waals surface area contributed by atoms with Gasteiger partial charge in [-0.15, -0.1) is 0 Å². The Bertz CT molecular complexity index is 644. The maximum Gasteiger partial charge on any atom is 0.356 e. The van der Waals surface area contributed by atoms with Gasteiger partial charge in [-0.2, -0.15) is 5.10 Å². The summed E-state index contributed by atoms with van der Waals surface area (Å²) >= 11 is 0. The van der Waals surface area contributed by atoms with Gasteiger partial charge in [0.1, 0.15) is 5.69 Å². The van der Waals surface area contributed by atoms with Gasteiger partial charge in [0.25, 0.3) is 5.91 Å². The first-order valence-electron chi connectivity index (χ1n) is 9.01. The van der Waals surface area contributed by atoms with E-state index in [1.165, 1.54) is 30.0 Å². The van der Waals surface area contributed by atoms with Crippen molar-refractivity contribution in [2.45, 2.75) is 51.0 Å². The van der Waals surface area contributed by atoms with Gasteiger partial charge in [-0.05, 0) is 63.2 Å². The molecule has 24 heavy (non-hydrogen) atoms. The second-order valence-corrected chi connectivity index (χ2v) is 7.91. The van der Waals surface area contributed by atoms with Gasteiger partial charge in [0, 0.05) is 18.7 Å². The van der Waals surface area contributed by atoms with Gasteiger partial charge < -0.3 is 10.1 Å². The van der Waals surface area contributed by atoms with E-state index >= 15 is 0 Å². The van der Waals surface area contributed by atoms with Crippen LogP contribution in [0, 0.1) is 17.8 Å². The molecule has 4 fully saturated rings. The topological polar surface area (TPSA) is 73.2 Å². The van der Waals surface area contributed by atoms with Gasteiger partial charge in [0.05, 0.1) is 6.61 Å². The van der Waals surface area contributed by atoms with Crippen molar-refractivity contribution in [3.63, 3.8) is 0 Å². The summed E-state index contributed by atoms with van der Waals surface area (Å²) < 4.78 is 6.43. The number of nitrogens with zero attached hydrogens (tertiary/aromatic N) is 2.